The van der Waals surface area contributed by atoms with Crippen LogP contribution in [0.2, 0.25) is 5.02 Å². The van der Waals surface area contributed by atoms with Crippen molar-refractivity contribution in [3.05, 3.63) is 50.6 Å². The minimum atomic E-state index is -0.509. The summed E-state index contributed by atoms with van der Waals surface area (Å²) in [6.45, 7) is 2.68. The molecule has 3 rings (SSSR count). The lowest BCUT2D eigenvalue weighted by atomic mass is 9.95. The lowest BCUT2D eigenvalue weighted by molar-refractivity contribution is -0.115. The number of carbonyl (C=O) groups is 2. The van der Waals surface area contributed by atoms with E-state index in [4.69, 9.17) is 11.6 Å². The molecule has 150 valence electrons. The Morgan fingerprint density at radius 3 is 2.79 bits per heavy atom. The molecule has 0 saturated heterocycles. The van der Waals surface area contributed by atoms with Gasteiger partial charge in [-0.1, -0.05) is 31.0 Å². The molecular formula is C21H24ClFN2O2S. The molecule has 7 heteroatoms. The van der Waals surface area contributed by atoms with Crippen LogP contribution in [0, 0.1) is 5.82 Å². The molecule has 4 nitrogen and oxygen atoms in total. The van der Waals surface area contributed by atoms with Gasteiger partial charge >= 0.3 is 0 Å². The van der Waals surface area contributed by atoms with Crippen molar-refractivity contribution in [3.63, 3.8) is 0 Å². The van der Waals surface area contributed by atoms with Crippen LogP contribution in [0.3, 0.4) is 0 Å². The molecule has 0 unspecified atom stereocenters. The Morgan fingerprint density at radius 2 is 2.04 bits per heavy atom. The summed E-state index contributed by atoms with van der Waals surface area (Å²) in [4.78, 5) is 26.5. The maximum absolute atomic E-state index is 14.0. The number of rotatable bonds is 7. The molecule has 1 aliphatic rings. The first-order chi connectivity index (χ1) is 13.5. The van der Waals surface area contributed by atoms with Gasteiger partial charge in [-0.15, -0.1) is 11.3 Å². The highest BCUT2D eigenvalue weighted by molar-refractivity contribution is 7.17. The quantitative estimate of drug-likeness (QED) is 0.607. The van der Waals surface area contributed by atoms with Crippen molar-refractivity contribution in [2.24, 2.45) is 0 Å². The highest BCUT2D eigenvalue weighted by atomic mass is 35.5. The van der Waals surface area contributed by atoms with Crippen LogP contribution in [0.4, 0.5) is 9.39 Å². The van der Waals surface area contributed by atoms with Crippen molar-refractivity contribution in [1.82, 2.24) is 5.32 Å². The van der Waals surface area contributed by atoms with Crippen LogP contribution >= 0.6 is 22.9 Å². The molecule has 1 heterocycles. The summed E-state index contributed by atoms with van der Waals surface area (Å²) >= 11 is 7.49. The number of nitrogens with one attached hydrogen (secondary N) is 2. The van der Waals surface area contributed by atoms with Gasteiger partial charge in [0.1, 0.15) is 10.8 Å². The minimum absolute atomic E-state index is 0.146. The number of halogens is 2. The molecule has 2 N–H and O–H groups in total. The predicted molar refractivity (Wildman–Crippen MR) is 112 cm³/mol. The second-order valence-electron chi connectivity index (χ2n) is 6.95. The van der Waals surface area contributed by atoms with Crippen LogP contribution < -0.4 is 10.6 Å². The Hall–Kier alpha value is -1.92. The number of fused-ring (bicyclic) bond motifs is 1. The number of hydrogen-bond acceptors (Lipinski definition) is 3. The van der Waals surface area contributed by atoms with E-state index in [1.54, 1.807) is 6.07 Å². The van der Waals surface area contributed by atoms with Crippen molar-refractivity contribution < 1.29 is 14.0 Å². The molecule has 0 fully saturated rings. The first kappa shape index (κ1) is 20.8. The van der Waals surface area contributed by atoms with Crippen molar-refractivity contribution >= 4 is 39.8 Å². The van der Waals surface area contributed by atoms with E-state index >= 15 is 0 Å². The number of carbonyl (C=O) groups excluding carboxylic acids is 2. The normalized spacial score (nSPS) is 13.1. The number of unbranched alkanes of at least 4 members (excludes halogenated alkanes) is 1. The average Bonchev–Trinajstić information content (AvgIpc) is 3.02. The van der Waals surface area contributed by atoms with E-state index in [9.17, 15) is 14.0 Å². The number of thiophene rings is 1. The van der Waals surface area contributed by atoms with E-state index in [2.05, 4.69) is 17.6 Å². The maximum atomic E-state index is 14.0. The second kappa shape index (κ2) is 9.52. The third kappa shape index (κ3) is 4.73. The van der Waals surface area contributed by atoms with Crippen LogP contribution in [0.5, 0.6) is 0 Å². The van der Waals surface area contributed by atoms with Gasteiger partial charge in [-0.3, -0.25) is 9.59 Å². The second-order valence-corrected chi connectivity index (χ2v) is 8.46. The average molecular weight is 423 g/mol. The van der Waals surface area contributed by atoms with Crippen LogP contribution in [-0.4, -0.2) is 18.4 Å². The van der Waals surface area contributed by atoms with E-state index in [0.717, 1.165) is 49.0 Å². The number of hydrogen-bond donors (Lipinski definition) is 2. The lowest BCUT2D eigenvalue weighted by Gasteiger charge is -2.13. The van der Waals surface area contributed by atoms with E-state index in [1.807, 2.05) is 0 Å². The van der Waals surface area contributed by atoms with Gasteiger partial charge in [-0.2, -0.15) is 0 Å². The summed E-state index contributed by atoms with van der Waals surface area (Å²) in [7, 11) is 0. The topological polar surface area (TPSA) is 58.2 Å². The third-order valence-electron chi connectivity index (χ3n) is 4.87. The molecule has 1 aromatic heterocycles. The van der Waals surface area contributed by atoms with Crippen LogP contribution in [0.25, 0.3) is 0 Å². The van der Waals surface area contributed by atoms with Gasteiger partial charge in [0.25, 0.3) is 5.91 Å². The molecule has 0 spiro atoms. The summed E-state index contributed by atoms with van der Waals surface area (Å²) in [6, 6.07) is 4.35. The molecule has 0 bridgehead atoms. The highest BCUT2D eigenvalue weighted by Crippen LogP contribution is 2.38. The lowest BCUT2D eigenvalue weighted by Crippen LogP contribution is -2.27. The molecule has 1 aliphatic carbocycles. The highest BCUT2D eigenvalue weighted by Gasteiger charge is 2.26. The summed E-state index contributed by atoms with van der Waals surface area (Å²) in [5, 5.41) is 6.56. The molecule has 2 amide bonds. The fraction of sp³-hybridized carbons (Fsp3) is 0.429. The van der Waals surface area contributed by atoms with Crippen molar-refractivity contribution in [2.45, 2.75) is 51.9 Å². The summed E-state index contributed by atoms with van der Waals surface area (Å²) in [6.07, 6.45) is 5.62. The molecule has 28 heavy (non-hydrogen) atoms. The molecule has 2 aromatic rings. The molecule has 0 aliphatic heterocycles. The van der Waals surface area contributed by atoms with Gasteiger partial charge < -0.3 is 10.6 Å². The molecule has 0 saturated carbocycles. The number of amides is 2. The molecular weight excluding hydrogens is 399 g/mol. The molecule has 1 aromatic carbocycles. The smallest absolute Gasteiger partial charge is 0.254 e. The van der Waals surface area contributed by atoms with Crippen molar-refractivity contribution in [2.75, 3.05) is 11.9 Å². The number of benzene rings is 1. The largest absolute Gasteiger partial charge is 0.352 e. The van der Waals surface area contributed by atoms with E-state index < -0.39 is 5.82 Å². The Bertz CT molecular complexity index is 861. The van der Waals surface area contributed by atoms with Gasteiger partial charge in [0.15, 0.2) is 0 Å². The van der Waals surface area contributed by atoms with E-state index in [1.165, 1.54) is 23.5 Å². The zero-order valence-corrected chi connectivity index (χ0v) is 17.4. The summed E-state index contributed by atoms with van der Waals surface area (Å²) < 4.78 is 14.0. The van der Waals surface area contributed by atoms with Crippen LogP contribution in [-0.2, 0) is 24.1 Å². The van der Waals surface area contributed by atoms with E-state index in [0.29, 0.717) is 17.1 Å². The maximum Gasteiger partial charge on any atom is 0.254 e. The zero-order chi connectivity index (χ0) is 20.1. The summed E-state index contributed by atoms with van der Waals surface area (Å²) in [5.41, 5.74) is 1.78. The van der Waals surface area contributed by atoms with Crippen molar-refractivity contribution in [1.29, 1.82) is 0 Å². The van der Waals surface area contributed by atoms with Crippen LogP contribution in [0.15, 0.2) is 18.2 Å². The molecule has 0 radical (unpaired) electrons. The number of aryl methyl sites for hydroxylation is 1. The first-order valence-corrected chi connectivity index (χ1v) is 10.9. The Labute approximate surface area is 173 Å². The molecule has 0 atom stereocenters. The zero-order valence-electron chi connectivity index (χ0n) is 15.9. The van der Waals surface area contributed by atoms with Gasteiger partial charge in [0, 0.05) is 22.0 Å². The predicted octanol–water partition coefficient (Wildman–Crippen LogP) is 5.13. The fourth-order valence-electron chi connectivity index (χ4n) is 3.39. The monoisotopic (exact) mass is 422 g/mol. The SMILES string of the molecule is CCCCNC(=O)c1c(NC(=O)Cc2c(F)cccc2Cl)sc2c1CCCC2. The fourth-order valence-corrected chi connectivity index (χ4v) is 4.93. The standard InChI is InChI=1S/C21H24ClFN2O2S/c1-2-3-11-24-20(27)19-13-7-4-5-10-17(13)28-21(19)25-18(26)12-14-15(22)8-6-9-16(14)23/h6,8-9H,2-5,7,10-12H2,1H3,(H,24,27)(H,25,26). The first-order valence-electron chi connectivity index (χ1n) is 9.66. The van der Waals surface area contributed by atoms with Crippen LogP contribution in [0.1, 0.15) is 59.0 Å². The number of anilines is 1. The van der Waals surface area contributed by atoms with Gasteiger partial charge in [0.2, 0.25) is 5.91 Å². The third-order valence-corrected chi connectivity index (χ3v) is 6.43. The Kier molecular flexibility index (Phi) is 7.08. The van der Waals surface area contributed by atoms with E-state index in [-0.39, 0.29) is 28.8 Å². The van der Waals surface area contributed by atoms with Gasteiger partial charge in [-0.25, -0.2) is 4.39 Å². The Balaban J connectivity index is 1.81. The minimum Gasteiger partial charge on any atom is -0.352 e. The summed E-state index contributed by atoms with van der Waals surface area (Å²) in [5.74, 6) is -1.04. The van der Waals surface area contributed by atoms with Gasteiger partial charge in [-0.05, 0) is 49.8 Å². The van der Waals surface area contributed by atoms with Crippen molar-refractivity contribution in [3.8, 4) is 0 Å². The Morgan fingerprint density at radius 1 is 1.25 bits per heavy atom. The van der Waals surface area contributed by atoms with Gasteiger partial charge in [0.05, 0.1) is 12.0 Å².